The first-order chi connectivity index (χ1) is 14.3. The third kappa shape index (κ3) is 6.57. The number of nitro benzene ring substituents is 1. The molecule has 0 N–H and O–H groups in total. The van der Waals surface area contributed by atoms with E-state index in [1.165, 1.54) is 12.1 Å². The van der Waals surface area contributed by atoms with Gasteiger partial charge in [-0.05, 0) is 48.7 Å². The molecule has 2 rings (SSSR count). The van der Waals surface area contributed by atoms with Crippen LogP contribution in [0.2, 0.25) is 5.02 Å². The van der Waals surface area contributed by atoms with Crippen LogP contribution in [0, 0.1) is 10.1 Å². The number of carbonyl (C=O) groups is 1. The van der Waals surface area contributed by atoms with Crippen LogP contribution in [-0.2, 0) is 20.8 Å². The van der Waals surface area contributed by atoms with E-state index in [1.807, 2.05) is 17.0 Å². The number of anilines is 1. The number of hydrogen-bond acceptors (Lipinski definition) is 6. The Morgan fingerprint density at radius 3 is 2.53 bits per heavy atom. The van der Waals surface area contributed by atoms with Crippen molar-refractivity contribution < 1.29 is 19.2 Å². The Balaban J connectivity index is 2.40. The van der Waals surface area contributed by atoms with E-state index in [0.29, 0.717) is 41.5 Å². The molecule has 0 unspecified atom stereocenters. The number of hydrogen-bond donors (Lipinski definition) is 0. The highest BCUT2D eigenvalue weighted by Gasteiger charge is 2.21. The Bertz CT molecular complexity index is 912. The van der Waals surface area contributed by atoms with Crippen molar-refractivity contribution in [3.8, 4) is 0 Å². The van der Waals surface area contributed by atoms with Gasteiger partial charge in [-0.2, -0.15) is 0 Å². The molecule has 0 radical (unpaired) electrons. The predicted molar refractivity (Wildman–Crippen MR) is 118 cm³/mol. The van der Waals surface area contributed by atoms with E-state index < -0.39 is 10.9 Å². The van der Waals surface area contributed by atoms with E-state index >= 15 is 0 Å². The Labute approximate surface area is 181 Å². The third-order valence-corrected chi connectivity index (χ3v) is 4.69. The Morgan fingerprint density at radius 1 is 1.23 bits per heavy atom. The summed E-state index contributed by atoms with van der Waals surface area (Å²) < 4.78 is 10.1. The zero-order valence-electron chi connectivity index (χ0n) is 17.3. The summed E-state index contributed by atoms with van der Waals surface area (Å²) in [5.74, 6) is -0.480. The molecule has 0 saturated carbocycles. The van der Waals surface area contributed by atoms with Crippen LogP contribution in [0.4, 0.5) is 11.4 Å². The molecular weight excluding hydrogens is 408 g/mol. The summed E-state index contributed by atoms with van der Waals surface area (Å²) in [6, 6.07) is 12.3. The van der Waals surface area contributed by atoms with Gasteiger partial charge >= 0.3 is 5.97 Å². The Kier molecular flexibility index (Phi) is 8.83. The fourth-order valence-electron chi connectivity index (χ4n) is 2.92. The van der Waals surface area contributed by atoms with Gasteiger partial charge in [-0.1, -0.05) is 29.8 Å². The molecule has 0 spiro atoms. The van der Waals surface area contributed by atoms with E-state index in [4.69, 9.17) is 21.1 Å². The van der Waals surface area contributed by atoms with Gasteiger partial charge in [0.05, 0.1) is 18.1 Å². The van der Waals surface area contributed by atoms with Crippen molar-refractivity contribution in [3.05, 3.63) is 74.8 Å². The number of nitrogens with zero attached hydrogens (tertiary/aromatic N) is 2. The standard InChI is InChI=1S/C22H25ClN2O5/c1-4-30-22(26)13-16(2)18-7-10-20(21(14-18)25(27)28)24(11-12-29-3)15-17-5-8-19(23)9-6-17/h5-10,13-14H,4,11-12,15H2,1-3H3/b16-13-. The van der Waals surface area contributed by atoms with Gasteiger partial charge in [0.2, 0.25) is 0 Å². The molecule has 30 heavy (non-hydrogen) atoms. The van der Waals surface area contributed by atoms with Crippen LogP contribution in [0.3, 0.4) is 0 Å². The molecule has 2 aromatic rings. The lowest BCUT2D eigenvalue weighted by molar-refractivity contribution is -0.384. The third-order valence-electron chi connectivity index (χ3n) is 4.44. The molecule has 0 aliphatic carbocycles. The fourth-order valence-corrected chi connectivity index (χ4v) is 3.05. The predicted octanol–water partition coefficient (Wildman–Crippen LogP) is 4.87. The van der Waals surface area contributed by atoms with Crippen LogP contribution in [0.25, 0.3) is 5.57 Å². The van der Waals surface area contributed by atoms with E-state index in [9.17, 15) is 14.9 Å². The first-order valence-corrected chi connectivity index (χ1v) is 9.85. The average molecular weight is 433 g/mol. The number of allylic oxidation sites excluding steroid dienone is 1. The van der Waals surface area contributed by atoms with E-state index in [0.717, 1.165) is 5.56 Å². The number of nitro groups is 1. The minimum Gasteiger partial charge on any atom is -0.463 e. The van der Waals surface area contributed by atoms with Crippen LogP contribution in [-0.4, -0.2) is 37.8 Å². The van der Waals surface area contributed by atoms with Gasteiger partial charge in [-0.3, -0.25) is 10.1 Å². The van der Waals surface area contributed by atoms with Gasteiger partial charge in [0.1, 0.15) is 5.69 Å². The largest absolute Gasteiger partial charge is 0.463 e. The minimum atomic E-state index is -0.480. The molecule has 0 saturated heterocycles. The number of carbonyl (C=O) groups excluding carboxylic acids is 1. The molecule has 8 heteroatoms. The molecule has 0 aliphatic heterocycles. The summed E-state index contributed by atoms with van der Waals surface area (Å²) in [4.78, 5) is 25.0. The highest BCUT2D eigenvalue weighted by molar-refractivity contribution is 6.30. The molecule has 2 aromatic carbocycles. The van der Waals surface area contributed by atoms with E-state index in [2.05, 4.69) is 0 Å². The summed E-state index contributed by atoms with van der Waals surface area (Å²) in [5.41, 5.74) is 2.56. The lowest BCUT2D eigenvalue weighted by Crippen LogP contribution is -2.27. The summed E-state index contributed by atoms with van der Waals surface area (Å²) >= 11 is 5.96. The van der Waals surface area contributed by atoms with Gasteiger partial charge in [-0.15, -0.1) is 0 Å². The maximum Gasteiger partial charge on any atom is 0.331 e. The Morgan fingerprint density at radius 2 is 1.93 bits per heavy atom. The molecule has 160 valence electrons. The first-order valence-electron chi connectivity index (χ1n) is 9.48. The van der Waals surface area contributed by atoms with Crippen molar-refractivity contribution in [2.75, 3.05) is 31.8 Å². The van der Waals surface area contributed by atoms with Crippen LogP contribution < -0.4 is 4.90 Å². The van der Waals surface area contributed by atoms with Crippen molar-refractivity contribution in [2.45, 2.75) is 20.4 Å². The van der Waals surface area contributed by atoms with Gasteiger partial charge in [0, 0.05) is 37.4 Å². The normalized spacial score (nSPS) is 11.3. The second-order valence-electron chi connectivity index (χ2n) is 6.58. The summed E-state index contributed by atoms with van der Waals surface area (Å²) in [5, 5.41) is 12.4. The molecule has 0 atom stereocenters. The zero-order chi connectivity index (χ0) is 22.1. The summed E-state index contributed by atoms with van der Waals surface area (Å²) in [7, 11) is 1.58. The monoisotopic (exact) mass is 432 g/mol. The fraction of sp³-hybridized carbons (Fsp3) is 0.318. The SMILES string of the molecule is CCOC(=O)/C=C(/C)c1ccc(N(CCOC)Cc2ccc(Cl)cc2)c([N+](=O)[O-])c1. The van der Waals surface area contributed by atoms with Gasteiger partial charge in [0.25, 0.3) is 5.69 Å². The summed E-state index contributed by atoms with van der Waals surface area (Å²) in [6.07, 6.45) is 1.33. The number of ether oxygens (including phenoxy) is 2. The van der Waals surface area contributed by atoms with Crippen molar-refractivity contribution in [1.29, 1.82) is 0 Å². The molecule has 0 heterocycles. The zero-order valence-corrected chi connectivity index (χ0v) is 18.0. The van der Waals surface area contributed by atoms with E-state index in [1.54, 1.807) is 45.2 Å². The van der Waals surface area contributed by atoms with Crippen molar-refractivity contribution >= 4 is 34.5 Å². The average Bonchev–Trinajstić information content (AvgIpc) is 2.72. The van der Waals surface area contributed by atoms with Crippen molar-refractivity contribution in [1.82, 2.24) is 0 Å². The molecule has 7 nitrogen and oxygen atoms in total. The lowest BCUT2D eigenvalue weighted by Gasteiger charge is -2.25. The Hall–Kier alpha value is -2.90. The second kappa shape index (κ2) is 11.3. The van der Waals surface area contributed by atoms with Gasteiger partial charge in [-0.25, -0.2) is 4.79 Å². The smallest absolute Gasteiger partial charge is 0.331 e. The molecular formula is C22H25ClN2O5. The quantitative estimate of drug-likeness (QED) is 0.230. The number of rotatable bonds is 10. The molecule has 0 amide bonds. The first kappa shape index (κ1) is 23.4. The number of halogens is 1. The van der Waals surface area contributed by atoms with Gasteiger partial charge < -0.3 is 14.4 Å². The number of methoxy groups -OCH3 is 1. The maximum absolute atomic E-state index is 11.8. The molecule has 0 aromatic heterocycles. The number of benzene rings is 2. The highest BCUT2D eigenvalue weighted by atomic mass is 35.5. The lowest BCUT2D eigenvalue weighted by atomic mass is 10.0. The van der Waals surface area contributed by atoms with Crippen LogP contribution in [0.15, 0.2) is 48.5 Å². The van der Waals surface area contributed by atoms with Crippen molar-refractivity contribution in [3.63, 3.8) is 0 Å². The molecule has 0 fully saturated rings. The topological polar surface area (TPSA) is 81.9 Å². The minimum absolute atomic E-state index is 0.0471. The molecule has 0 bridgehead atoms. The second-order valence-corrected chi connectivity index (χ2v) is 7.02. The van der Waals surface area contributed by atoms with Crippen LogP contribution in [0.5, 0.6) is 0 Å². The molecule has 0 aliphatic rings. The van der Waals surface area contributed by atoms with Crippen LogP contribution >= 0.6 is 11.6 Å². The van der Waals surface area contributed by atoms with Crippen LogP contribution in [0.1, 0.15) is 25.0 Å². The van der Waals surface area contributed by atoms with E-state index in [-0.39, 0.29) is 12.3 Å². The summed E-state index contributed by atoms with van der Waals surface area (Å²) in [6.45, 7) is 5.03. The number of esters is 1. The van der Waals surface area contributed by atoms with Gasteiger partial charge in [0.15, 0.2) is 0 Å². The van der Waals surface area contributed by atoms with Crippen molar-refractivity contribution in [2.24, 2.45) is 0 Å². The highest BCUT2D eigenvalue weighted by Crippen LogP contribution is 2.32. The maximum atomic E-state index is 11.8.